The summed E-state index contributed by atoms with van der Waals surface area (Å²) in [6.45, 7) is 0. The Balaban J connectivity index is 1.67. The Bertz CT molecular complexity index is 1190. The molecule has 7 nitrogen and oxygen atoms in total. The first kappa shape index (κ1) is 16.6. The van der Waals surface area contributed by atoms with Crippen LogP contribution >= 0.6 is 0 Å². The maximum absolute atomic E-state index is 14.0. The molecule has 0 aliphatic carbocycles. The highest BCUT2D eigenvalue weighted by Gasteiger charge is 2.15. The molecule has 0 bridgehead atoms. The van der Waals surface area contributed by atoms with Crippen molar-refractivity contribution in [3.8, 4) is 22.8 Å². The summed E-state index contributed by atoms with van der Waals surface area (Å²) in [5.74, 6) is -1.83. The van der Waals surface area contributed by atoms with Crippen molar-refractivity contribution in [2.75, 3.05) is 0 Å². The van der Waals surface area contributed by atoms with Crippen LogP contribution in [0.3, 0.4) is 0 Å². The highest BCUT2D eigenvalue weighted by molar-refractivity contribution is 5.63. The van der Waals surface area contributed by atoms with Crippen molar-refractivity contribution in [1.29, 1.82) is 0 Å². The zero-order valence-corrected chi connectivity index (χ0v) is 13.5. The molecule has 2 aromatic carbocycles. The highest BCUT2D eigenvalue weighted by Crippen LogP contribution is 2.21. The predicted molar refractivity (Wildman–Crippen MR) is 91.1 cm³/mol. The Labute approximate surface area is 150 Å². The minimum atomic E-state index is -0.821. The van der Waals surface area contributed by atoms with Crippen LogP contribution in [0.2, 0.25) is 0 Å². The largest absolute Gasteiger partial charge is 0.446 e. The van der Waals surface area contributed by atoms with Crippen molar-refractivity contribution in [3.63, 3.8) is 0 Å². The molecule has 0 N–H and O–H groups in total. The van der Waals surface area contributed by atoms with Crippen LogP contribution in [0, 0.1) is 11.6 Å². The van der Waals surface area contributed by atoms with Crippen LogP contribution in [-0.2, 0) is 0 Å². The third-order valence-electron chi connectivity index (χ3n) is 3.67. The molecule has 0 saturated carbocycles. The summed E-state index contributed by atoms with van der Waals surface area (Å²) in [7, 11) is 0. The van der Waals surface area contributed by atoms with Gasteiger partial charge in [-0.3, -0.25) is 4.52 Å². The normalized spacial score (nSPS) is 11.3. The van der Waals surface area contributed by atoms with Gasteiger partial charge in [0.25, 0.3) is 5.89 Å². The predicted octanol–water partition coefficient (Wildman–Crippen LogP) is 3.46. The second-order valence-corrected chi connectivity index (χ2v) is 5.37. The van der Waals surface area contributed by atoms with E-state index < -0.39 is 17.4 Å². The number of hydrogen-bond donors (Lipinski definition) is 0. The standard InChI is InChI=1S/C18H10F2N4O3/c19-13-7-3-1-5-11(13)16-21-15(26-22-16)9-10-24-17(23-27-18(24)25)12-6-2-4-8-14(12)20/h1-10H/b10-9-. The first-order valence-electron chi connectivity index (χ1n) is 7.73. The molecule has 134 valence electrons. The van der Waals surface area contributed by atoms with Gasteiger partial charge in [0.1, 0.15) is 11.6 Å². The topological polar surface area (TPSA) is 87.0 Å². The molecule has 27 heavy (non-hydrogen) atoms. The van der Waals surface area contributed by atoms with Crippen molar-refractivity contribution in [2.24, 2.45) is 0 Å². The second kappa shape index (κ2) is 6.79. The zero-order chi connectivity index (χ0) is 18.8. The van der Waals surface area contributed by atoms with E-state index in [1.807, 2.05) is 0 Å². The Hall–Kier alpha value is -3.88. The van der Waals surface area contributed by atoms with Crippen LogP contribution in [0.15, 0.2) is 62.4 Å². The third kappa shape index (κ3) is 3.17. The maximum Gasteiger partial charge on any atom is 0.446 e. The van der Waals surface area contributed by atoms with E-state index in [2.05, 4.69) is 19.8 Å². The van der Waals surface area contributed by atoms with Gasteiger partial charge in [0.05, 0.1) is 11.1 Å². The molecule has 4 aromatic rings. The van der Waals surface area contributed by atoms with Gasteiger partial charge < -0.3 is 4.52 Å². The fraction of sp³-hybridized carbons (Fsp3) is 0. The second-order valence-electron chi connectivity index (χ2n) is 5.37. The molecule has 0 unspecified atom stereocenters. The van der Waals surface area contributed by atoms with Crippen molar-refractivity contribution < 1.29 is 17.8 Å². The lowest BCUT2D eigenvalue weighted by Crippen LogP contribution is -2.09. The molecule has 0 spiro atoms. The summed E-state index contributed by atoms with van der Waals surface area (Å²) in [6, 6.07) is 11.8. The molecule has 0 atom stereocenters. The molecular formula is C18H10F2N4O3. The van der Waals surface area contributed by atoms with Gasteiger partial charge in [-0.15, -0.1) is 0 Å². The Morgan fingerprint density at radius 1 is 0.889 bits per heavy atom. The molecule has 0 aliphatic heterocycles. The van der Waals surface area contributed by atoms with Crippen LogP contribution in [0.1, 0.15) is 5.89 Å². The van der Waals surface area contributed by atoms with Crippen LogP contribution in [0.4, 0.5) is 8.78 Å². The molecule has 0 fully saturated rings. The monoisotopic (exact) mass is 368 g/mol. The average Bonchev–Trinajstić information content (AvgIpc) is 3.28. The summed E-state index contributed by atoms with van der Waals surface area (Å²) < 4.78 is 38.4. The molecule has 0 amide bonds. The quantitative estimate of drug-likeness (QED) is 0.548. The molecule has 4 rings (SSSR count). The summed E-state index contributed by atoms with van der Waals surface area (Å²) in [5.41, 5.74) is 0.265. The summed E-state index contributed by atoms with van der Waals surface area (Å²) >= 11 is 0. The average molecular weight is 368 g/mol. The molecule has 2 heterocycles. The van der Waals surface area contributed by atoms with E-state index in [-0.39, 0.29) is 28.7 Å². The van der Waals surface area contributed by atoms with Gasteiger partial charge in [0.2, 0.25) is 5.82 Å². The van der Waals surface area contributed by atoms with E-state index in [1.165, 1.54) is 42.6 Å². The van der Waals surface area contributed by atoms with Gasteiger partial charge in [0.15, 0.2) is 5.82 Å². The number of hydrogen-bond acceptors (Lipinski definition) is 6. The zero-order valence-electron chi connectivity index (χ0n) is 13.5. The van der Waals surface area contributed by atoms with E-state index in [0.29, 0.717) is 0 Å². The number of halogens is 2. The lowest BCUT2D eigenvalue weighted by molar-refractivity contribution is 0.384. The van der Waals surface area contributed by atoms with E-state index in [1.54, 1.807) is 18.2 Å². The molecule has 0 saturated heterocycles. The van der Waals surface area contributed by atoms with Gasteiger partial charge in [-0.05, 0) is 24.3 Å². The van der Waals surface area contributed by atoms with E-state index >= 15 is 0 Å². The molecule has 9 heteroatoms. The third-order valence-corrected chi connectivity index (χ3v) is 3.67. The maximum atomic E-state index is 14.0. The van der Waals surface area contributed by atoms with Crippen LogP contribution in [-0.4, -0.2) is 19.9 Å². The number of rotatable bonds is 4. The van der Waals surface area contributed by atoms with E-state index in [0.717, 1.165) is 4.57 Å². The Kier molecular flexibility index (Phi) is 4.17. The Morgan fingerprint density at radius 2 is 1.56 bits per heavy atom. The van der Waals surface area contributed by atoms with Gasteiger partial charge in [-0.25, -0.2) is 18.1 Å². The minimum absolute atomic E-state index is 0.0147. The van der Waals surface area contributed by atoms with Crippen molar-refractivity contribution >= 4 is 12.3 Å². The lowest BCUT2D eigenvalue weighted by atomic mass is 10.2. The van der Waals surface area contributed by atoms with Gasteiger partial charge in [-0.1, -0.05) is 34.6 Å². The van der Waals surface area contributed by atoms with Crippen LogP contribution in [0.5, 0.6) is 0 Å². The number of aromatic nitrogens is 4. The first-order chi connectivity index (χ1) is 13.1. The first-order valence-corrected chi connectivity index (χ1v) is 7.73. The molecule has 0 aliphatic rings. The van der Waals surface area contributed by atoms with Crippen LogP contribution < -0.4 is 5.76 Å². The van der Waals surface area contributed by atoms with Gasteiger partial charge in [-0.2, -0.15) is 4.98 Å². The summed E-state index contributed by atoms with van der Waals surface area (Å²) in [6.07, 6.45) is 2.56. The summed E-state index contributed by atoms with van der Waals surface area (Å²) in [5, 5.41) is 7.29. The van der Waals surface area contributed by atoms with E-state index in [4.69, 9.17) is 4.52 Å². The van der Waals surface area contributed by atoms with Crippen LogP contribution in [0.25, 0.3) is 35.1 Å². The summed E-state index contributed by atoms with van der Waals surface area (Å²) in [4.78, 5) is 15.9. The molecule has 0 radical (unpaired) electrons. The van der Waals surface area contributed by atoms with Gasteiger partial charge >= 0.3 is 5.76 Å². The Morgan fingerprint density at radius 3 is 2.26 bits per heavy atom. The minimum Gasteiger partial charge on any atom is -0.334 e. The fourth-order valence-corrected chi connectivity index (χ4v) is 2.40. The van der Waals surface area contributed by atoms with E-state index in [9.17, 15) is 13.6 Å². The fourth-order valence-electron chi connectivity index (χ4n) is 2.40. The number of benzene rings is 2. The van der Waals surface area contributed by atoms with Crippen molar-refractivity contribution in [2.45, 2.75) is 0 Å². The molecule has 2 aromatic heterocycles. The molecular weight excluding hydrogens is 358 g/mol. The van der Waals surface area contributed by atoms with Gasteiger partial charge in [0, 0.05) is 12.3 Å². The van der Waals surface area contributed by atoms with Crippen molar-refractivity contribution in [1.82, 2.24) is 19.9 Å². The highest BCUT2D eigenvalue weighted by atomic mass is 19.1. The smallest absolute Gasteiger partial charge is 0.334 e. The lowest BCUT2D eigenvalue weighted by Gasteiger charge is -2.00. The SMILES string of the molecule is O=c1onc(-c2ccccc2F)n1/C=C\c1nc(-c2ccccc2F)no1. The van der Waals surface area contributed by atoms with Crippen molar-refractivity contribution in [3.05, 3.63) is 76.6 Å². The number of nitrogens with zero attached hydrogens (tertiary/aromatic N) is 4.